The number of hydrogen-bond donors (Lipinski definition) is 2. The molecule has 0 saturated carbocycles. The fourth-order valence-electron chi connectivity index (χ4n) is 3.26. The summed E-state index contributed by atoms with van der Waals surface area (Å²) in [4.78, 5) is 21.0. The Morgan fingerprint density at radius 3 is 2.62 bits per heavy atom. The van der Waals surface area contributed by atoms with Crippen LogP contribution < -0.4 is 16.0 Å². The molecule has 1 amide bonds. The van der Waals surface area contributed by atoms with Crippen molar-refractivity contribution in [1.29, 1.82) is 0 Å². The molecule has 3 rings (SSSR count). The van der Waals surface area contributed by atoms with Gasteiger partial charge in [-0.2, -0.15) is 0 Å². The lowest BCUT2D eigenvalue weighted by molar-refractivity contribution is 0.0998. The number of anilines is 1. The molecular formula is C15H23N5O. The Morgan fingerprint density at radius 1 is 1.33 bits per heavy atom. The fraction of sp³-hybridized carbons (Fsp3) is 0.600. The van der Waals surface area contributed by atoms with E-state index in [9.17, 15) is 4.79 Å². The van der Waals surface area contributed by atoms with Gasteiger partial charge < -0.3 is 16.0 Å². The van der Waals surface area contributed by atoms with Gasteiger partial charge in [0.05, 0.1) is 5.56 Å². The van der Waals surface area contributed by atoms with Crippen molar-refractivity contribution in [2.45, 2.75) is 19.9 Å². The van der Waals surface area contributed by atoms with Gasteiger partial charge in [-0.1, -0.05) is 0 Å². The van der Waals surface area contributed by atoms with Gasteiger partial charge in [0.15, 0.2) is 0 Å². The monoisotopic (exact) mass is 289 g/mol. The fourth-order valence-corrected chi connectivity index (χ4v) is 3.26. The van der Waals surface area contributed by atoms with Crippen LogP contribution in [-0.4, -0.2) is 61.1 Å². The molecule has 2 aliphatic heterocycles. The molecule has 3 heterocycles. The highest BCUT2D eigenvalue weighted by atomic mass is 16.1. The van der Waals surface area contributed by atoms with Crippen molar-refractivity contribution in [2.75, 3.05) is 44.2 Å². The standard InChI is InChI=1S/C15H23N5O/c1-10-7-11(2)18-15(13(10)14(16)21)20-8-12(9-20)19-5-3-17-4-6-19/h7,12,17H,3-6,8-9H2,1-2H3,(H2,16,21). The summed E-state index contributed by atoms with van der Waals surface area (Å²) in [5.74, 6) is 0.368. The second kappa shape index (κ2) is 5.61. The molecule has 21 heavy (non-hydrogen) atoms. The number of carbonyl (C=O) groups is 1. The molecule has 3 N–H and O–H groups in total. The SMILES string of the molecule is Cc1cc(C)c(C(N)=O)c(N2CC(N3CCNCC3)C2)n1. The predicted octanol–water partition coefficient (Wildman–Crippen LogP) is -0.109. The van der Waals surface area contributed by atoms with E-state index in [4.69, 9.17) is 5.73 Å². The molecule has 0 spiro atoms. The Kier molecular flexibility index (Phi) is 3.82. The number of hydrogen-bond acceptors (Lipinski definition) is 5. The molecule has 2 aliphatic rings. The van der Waals surface area contributed by atoms with Crippen LogP contribution in [0, 0.1) is 13.8 Å². The molecule has 0 aliphatic carbocycles. The van der Waals surface area contributed by atoms with Gasteiger partial charge in [0.1, 0.15) is 5.82 Å². The minimum atomic E-state index is -0.388. The average molecular weight is 289 g/mol. The summed E-state index contributed by atoms with van der Waals surface area (Å²) in [5.41, 5.74) is 7.95. The van der Waals surface area contributed by atoms with Crippen LogP contribution >= 0.6 is 0 Å². The molecule has 0 bridgehead atoms. The van der Waals surface area contributed by atoms with Crippen LogP contribution in [0.25, 0.3) is 0 Å². The summed E-state index contributed by atoms with van der Waals surface area (Å²) in [5, 5.41) is 3.37. The van der Waals surface area contributed by atoms with Crippen molar-refractivity contribution in [3.8, 4) is 0 Å². The average Bonchev–Trinajstić information content (AvgIpc) is 2.36. The van der Waals surface area contributed by atoms with Crippen LogP contribution in [0.2, 0.25) is 0 Å². The Balaban J connectivity index is 1.75. The van der Waals surface area contributed by atoms with Gasteiger partial charge >= 0.3 is 0 Å². The Hall–Kier alpha value is -1.66. The van der Waals surface area contributed by atoms with Crippen LogP contribution in [0.5, 0.6) is 0 Å². The zero-order valence-electron chi connectivity index (χ0n) is 12.7. The third-order valence-electron chi connectivity index (χ3n) is 4.40. The maximum absolute atomic E-state index is 11.7. The van der Waals surface area contributed by atoms with Crippen molar-refractivity contribution in [3.63, 3.8) is 0 Å². The summed E-state index contributed by atoms with van der Waals surface area (Å²) >= 11 is 0. The van der Waals surface area contributed by atoms with Crippen LogP contribution in [0.1, 0.15) is 21.6 Å². The van der Waals surface area contributed by atoms with Crippen LogP contribution in [0.4, 0.5) is 5.82 Å². The summed E-state index contributed by atoms with van der Waals surface area (Å²) in [6.45, 7) is 10.0. The number of rotatable bonds is 3. The smallest absolute Gasteiger partial charge is 0.252 e. The first-order valence-corrected chi connectivity index (χ1v) is 7.54. The normalized spacial score (nSPS) is 20.4. The summed E-state index contributed by atoms with van der Waals surface area (Å²) in [6, 6.07) is 2.48. The molecule has 114 valence electrons. The highest BCUT2D eigenvalue weighted by Crippen LogP contribution is 2.28. The number of aromatic nitrogens is 1. The molecule has 6 nitrogen and oxygen atoms in total. The maximum Gasteiger partial charge on any atom is 0.252 e. The van der Waals surface area contributed by atoms with Crippen LogP contribution in [0.15, 0.2) is 6.07 Å². The minimum absolute atomic E-state index is 0.388. The van der Waals surface area contributed by atoms with Crippen molar-refractivity contribution in [2.24, 2.45) is 5.73 Å². The zero-order chi connectivity index (χ0) is 15.0. The van der Waals surface area contributed by atoms with E-state index >= 15 is 0 Å². The van der Waals surface area contributed by atoms with Crippen LogP contribution in [0.3, 0.4) is 0 Å². The number of nitrogens with two attached hydrogens (primary N) is 1. The number of piperazine rings is 1. The van der Waals surface area contributed by atoms with E-state index in [1.54, 1.807) is 0 Å². The minimum Gasteiger partial charge on any atom is -0.365 e. The van der Waals surface area contributed by atoms with E-state index in [-0.39, 0.29) is 5.91 Å². The summed E-state index contributed by atoms with van der Waals surface area (Å²) < 4.78 is 0. The van der Waals surface area contributed by atoms with Gasteiger partial charge in [-0.15, -0.1) is 0 Å². The Morgan fingerprint density at radius 2 is 2.00 bits per heavy atom. The largest absolute Gasteiger partial charge is 0.365 e. The molecule has 0 aromatic carbocycles. The first-order valence-electron chi connectivity index (χ1n) is 7.54. The van der Waals surface area contributed by atoms with E-state index in [1.807, 2.05) is 19.9 Å². The topological polar surface area (TPSA) is 74.5 Å². The lowest BCUT2D eigenvalue weighted by atomic mass is 10.0. The Labute approximate surface area is 125 Å². The van der Waals surface area contributed by atoms with Crippen molar-refractivity contribution >= 4 is 11.7 Å². The molecule has 6 heteroatoms. The van der Waals surface area contributed by atoms with Gasteiger partial charge in [-0.05, 0) is 25.5 Å². The van der Waals surface area contributed by atoms with Gasteiger partial charge in [0.2, 0.25) is 0 Å². The van der Waals surface area contributed by atoms with Gasteiger partial charge in [-0.25, -0.2) is 4.98 Å². The van der Waals surface area contributed by atoms with E-state index in [2.05, 4.69) is 20.1 Å². The quantitative estimate of drug-likeness (QED) is 0.812. The van der Waals surface area contributed by atoms with Gasteiger partial charge in [-0.3, -0.25) is 9.69 Å². The van der Waals surface area contributed by atoms with E-state index < -0.39 is 0 Å². The van der Waals surface area contributed by atoms with E-state index in [0.29, 0.717) is 11.6 Å². The zero-order valence-corrected chi connectivity index (χ0v) is 12.7. The van der Waals surface area contributed by atoms with E-state index in [0.717, 1.165) is 56.3 Å². The molecule has 1 aromatic rings. The van der Waals surface area contributed by atoms with Gasteiger partial charge in [0.25, 0.3) is 5.91 Å². The molecule has 0 radical (unpaired) electrons. The number of pyridine rings is 1. The number of primary amides is 1. The van der Waals surface area contributed by atoms with E-state index in [1.165, 1.54) is 0 Å². The highest BCUT2D eigenvalue weighted by molar-refractivity contribution is 5.99. The lowest BCUT2D eigenvalue weighted by Crippen LogP contribution is -2.63. The Bertz CT molecular complexity index is 547. The molecule has 0 unspecified atom stereocenters. The molecule has 1 aromatic heterocycles. The van der Waals surface area contributed by atoms with Crippen molar-refractivity contribution in [3.05, 3.63) is 22.9 Å². The number of amides is 1. The number of carbonyl (C=O) groups excluding carboxylic acids is 1. The summed E-state index contributed by atoms with van der Waals surface area (Å²) in [7, 11) is 0. The van der Waals surface area contributed by atoms with Gasteiger partial charge in [0, 0.05) is 51.0 Å². The van der Waals surface area contributed by atoms with Crippen LogP contribution in [-0.2, 0) is 0 Å². The lowest BCUT2D eigenvalue weighted by Gasteiger charge is -2.47. The number of nitrogens with one attached hydrogen (secondary N) is 1. The second-order valence-electron chi connectivity index (χ2n) is 5.99. The third-order valence-corrected chi connectivity index (χ3v) is 4.40. The molecule has 2 saturated heterocycles. The first kappa shape index (κ1) is 14.3. The maximum atomic E-state index is 11.7. The third kappa shape index (κ3) is 2.73. The highest BCUT2D eigenvalue weighted by Gasteiger charge is 2.35. The first-order chi connectivity index (χ1) is 10.1. The second-order valence-corrected chi connectivity index (χ2v) is 5.99. The predicted molar refractivity (Wildman–Crippen MR) is 82.7 cm³/mol. The summed E-state index contributed by atoms with van der Waals surface area (Å²) in [6.07, 6.45) is 0. The number of nitrogens with zero attached hydrogens (tertiary/aromatic N) is 3. The number of aryl methyl sites for hydroxylation is 2. The molecule has 2 fully saturated rings. The molecular weight excluding hydrogens is 266 g/mol. The molecule has 0 atom stereocenters. The van der Waals surface area contributed by atoms with Crippen molar-refractivity contribution in [1.82, 2.24) is 15.2 Å². The van der Waals surface area contributed by atoms with Crippen molar-refractivity contribution < 1.29 is 4.79 Å².